The molecule has 5 nitrogen and oxygen atoms in total. The van der Waals surface area contributed by atoms with E-state index in [1.165, 1.54) is 0 Å². The van der Waals surface area contributed by atoms with Gasteiger partial charge in [0.05, 0.1) is 13.5 Å². The molecule has 0 bridgehead atoms. The van der Waals surface area contributed by atoms with Crippen LogP contribution in [0.25, 0.3) is 10.8 Å². The minimum atomic E-state index is -0.246. The van der Waals surface area contributed by atoms with Crippen molar-refractivity contribution in [2.75, 3.05) is 7.11 Å². The summed E-state index contributed by atoms with van der Waals surface area (Å²) in [6.07, 6.45) is 1.09. The molecule has 0 saturated heterocycles. The van der Waals surface area contributed by atoms with Gasteiger partial charge in [-0.3, -0.25) is 20.4 Å². The van der Waals surface area contributed by atoms with Crippen molar-refractivity contribution in [3.63, 3.8) is 0 Å². The molecular weight excluding hydrogens is 340 g/mol. The quantitative estimate of drug-likeness (QED) is 0.662. The molecule has 3 rings (SSSR count). The van der Waals surface area contributed by atoms with Crippen LogP contribution in [0.3, 0.4) is 0 Å². The molecule has 0 atom stereocenters. The molecular formula is C22H22N2O3. The van der Waals surface area contributed by atoms with Gasteiger partial charge >= 0.3 is 0 Å². The molecule has 0 radical (unpaired) electrons. The predicted molar refractivity (Wildman–Crippen MR) is 105 cm³/mol. The zero-order valence-electron chi connectivity index (χ0n) is 15.2. The summed E-state index contributed by atoms with van der Waals surface area (Å²) in [5, 5.41) is 2.13. The highest BCUT2D eigenvalue weighted by molar-refractivity contribution is 5.90. The van der Waals surface area contributed by atoms with Gasteiger partial charge in [0.2, 0.25) is 11.8 Å². The maximum atomic E-state index is 12.2. The van der Waals surface area contributed by atoms with Crippen LogP contribution < -0.4 is 15.6 Å². The van der Waals surface area contributed by atoms with Crippen LogP contribution >= 0.6 is 0 Å². The van der Waals surface area contributed by atoms with Gasteiger partial charge in [-0.1, -0.05) is 54.6 Å². The van der Waals surface area contributed by atoms with E-state index in [0.717, 1.165) is 27.6 Å². The molecule has 0 aliphatic carbocycles. The van der Waals surface area contributed by atoms with Gasteiger partial charge in [0.25, 0.3) is 0 Å². The average Bonchev–Trinajstić information content (AvgIpc) is 2.71. The Morgan fingerprint density at radius 1 is 0.852 bits per heavy atom. The molecule has 0 fully saturated rings. The molecule has 0 unspecified atom stereocenters. The van der Waals surface area contributed by atoms with Crippen LogP contribution in [0.1, 0.15) is 17.5 Å². The molecule has 0 aliphatic heterocycles. The zero-order valence-corrected chi connectivity index (χ0v) is 15.2. The first kappa shape index (κ1) is 18.5. The monoisotopic (exact) mass is 362 g/mol. The highest BCUT2D eigenvalue weighted by atomic mass is 16.5. The molecule has 0 aromatic heterocycles. The normalized spacial score (nSPS) is 10.4. The van der Waals surface area contributed by atoms with Crippen molar-refractivity contribution in [1.82, 2.24) is 10.9 Å². The number of amides is 2. The van der Waals surface area contributed by atoms with E-state index in [9.17, 15) is 9.59 Å². The predicted octanol–water partition coefficient (Wildman–Crippen LogP) is 3.17. The Morgan fingerprint density at radius 2 is 1.56 bits per heavy atom. The van der Waals surface area contributed by atoms with Crippen molar-refractivity contribution in [2.24, 2.45) is 0 Å². The van der Waals surface area contributed by atoms with Crippen LogP contribution in [0.5, 0.6) is 5.75 Å². The molecule has 0 heterocycles. The molecule has 138 valence electrons. The Labute approximate surface area is 158 Å². The summed E-state index contributed by atoms with van der Waals surface area (Å²) in [5.74, 6) is 0.310. The van der Waals surface area contributed by atoms with Gasteiger partial charge in [-0.15, -0.1) is 0 Å². The number of carbonyl (C=O) groups excluding carboxylic acids is 2. The highest BCUT2D eigenvalue weighted by Crippen LogP contribution is 2.18. The van der Waals surface area contributed by atoms with Crippen LogP contribution in [-0.2, 0) is 22.4 Å². The fraction of sp³-hybridized carbons (Fsp3) is 0.182. The summed E-state index contributed by atoms with van der Waals surface area (Å²) < 4.78 is 5.11. The van der Waals surface area contributed by atoms with E-state index in [1.54, 1.807) is 7.11 Å². The van der Waals surface area contributed by atoms with Crippen LogP contribution in [0.15, 0.2) is 66.7 Å². The van der Waals surface area contributed by atoms with Gasteiger partial charge in [0.15, 0.2) is 0 Å². The molecule has 5 heteroatoms. The van der Waals surface area contributed by atoms with Crippen molar-refractivity contribution >= 4 is 22.6 Å². The second-order valence-electron chi connectivity index (χ2n) is 6.26. The fourth-order valence-electron chi connectivity index (χ4n) is 2.92. The Kier molecular flexibility index (Phi) is 6.05. The second kappa shape index (κ2) is 8.85. The third-order valence-electron chi connectivity index (χ3n) is 4.37. The van der Waals surface area contributed by atoms with Crippen molar-refractivity contribution in [3.8, 4) is 5.75 Å². The van der Waals surface area contributed by atoms with E-state index in [4.69, 9.17) is 4.74 Å². The van der Waals surface area contributed by atoms with E-state index < -0.39 is 0 Å². The van der Waals surface area contributed by atoms with Crippen LogP contribution in [0.4, 0.5) is 0 Å². The Morgan fingerprint density at radius 3 is 2.33 bits per heavy atom. The highest BCUT2D eigenvalue weighted by Gasteiger charge is 2.08. The van der Waals surface area contributed by atoms with E-state index in [2.05, 4.69) is 10.9 Å². The van der Waals surface area contributed by atoms with Gasteiger partial charge in [-0.2, -0.15) is 0 Å². The van der Waals surface area contributed by atoms with E-state index >= 15 is 0 Å². The second-order valence-corrected chi connectivity index (χ2v) is 6.26. The maximum absolute atomic E-state index is 12.2. The summed E-state index contributed by atoms with van der Waals surface area (Å²) in [6.45, 7) is 0. The molecule has 0 spiro atoms. The molecule has 3 aromatic rings. The molecule has 0 saturated carbocycles. The van der Waals surface area contributed by atoms with Gasteiger partial charge in [0, 0.05) is 6.42 Å². The van der Waals surface area contributed by atoms with Gasteiger partial charge in [-0.25, -0.2) is 0 Å². The van der Waals surface area contributed by atoms with E-state index in [-0.39, 0.29) is 18.2 Å². The van der Waals surface area contributed by atoms with Gasteiger partial charge < -0.3 is 4.74 Å². The summed E-state index contributed by atoms with van der Waals surface area (Å²) in [6, 6.07) is 21.3. The maximum Gasteiger partial charge on any atom is 0.242 e. The smallest absolute Gasteiger partial charge is 0.242 e. The van der Waals surface area contributed by atoms with Crippen molar-refractivity contribution in [3.05, 3.63) is 77.9 Å². The first-order valence-electron chi connectivity index (χ1n) is 8.83. The number of aryl methyl sites for hydroxylation is 1. The summed E-state index contributed by atoms with van der Waals surface area (Å²) in [4.78, 5) is 24.1. The van der Waals surface area contributed by atoms with Crippen molar-refractivity contribution in [1.29, 1.82) is 0 Å². The number of hydrazine groups is 1. The molecule has 0 aliphatic rings. The lowest BCUT2D eigenvalue weighted by Gasteiger charge is -2.09. The standard InChI is InChI=1S/C22H22N2O3/c1-27-19-12-9-16(10-13-19)11-14-21(25)23-24-22(26)15-18-7-4-6-17-5-2-3-8-20(17)18/h2-10,12-13H,11,14-15H2,1H3,(H,23,25)(H,24,26). The topological polar surface area (TPSA) is 67.4 Å². The third kappa shape index (κ3) is 5.07. The van der Waals surface area contributed by atoms with Crippen LogP contribution in [0.2, 0.25) is 0 Å². The Bertz CT molecular complexity index is 930. The number of hydrogen-bond acceptors (Lipinski definition) is 3. The van der Waals surface area contributed by atoms with Crippen molar-refractivity contribution in [2.45, 2.75) is 19.3 Å². The van der Waals surface area contributed by atoms with Gasteiger partial charge in [0.1, 0.15) is 5.75 Å². The van der Waals surface area contributed by atoms with E-state index in [0.29, 0.717) is 12.8 Å². The number of fused-ring (bicyclic) bond motifs is 1. The molecule has 3 aromatic carbocycles. The average molecular weight is 362 g/mol. The number of nitrogens with one attached hydrogen (secondary N) is 2. The van der Waals surface area contributed by atoms with Crippen LogP contribution in [0, 0.1) is 0 Å². The number of ether oxygens (including phenoxy) is 1. The summed E-state index contributed by atoms with van der Waals surface area (Å²) >= 11 is 0. The molecule has 27 heavy (non-hydrogen) atoms. The van der Waals surface area contributed by atoms with Crippen LogP contribution in [-0.4, -0.2) is 18.9 Å². The summed E-state index contributed by atoms with van der Waals surface area (Å²) in [5.41, 5.74) is 6.94. The SMILES string of the molecule is COc1ccc(CCC(=O)NNC(=O)Cc2cccc3ccccc23)cc1. The number of methoxy groups -OCH3 is 1. The fourth-order valence-corrected chi connectivity index (χ4v) is 2.92. The largest absolute Gasteiger partial charge is 0.497 e. The molecule has 2 N–H and O–H groups in total. The van der Waals surface area contributed by atoms with Crippen molar-refractivity contribution < 1.29 is 14.3 Å². The lowest BCUT2D eigenvalue weighted by molar-refractivity contribution is -0.128. The lowest BCUT2D eigenvalue weighted by atomic mass is 10.0. The number of carbonyl (C=O) groups is 2. The first-order valence-corrected chi connectivity index (χ1v) is 8.83. The minimum Gasteiger partial charge on any atom is -0.497 e. The number of rotatable bonds is 6. The lowest BCUT2D eigenvalue weighted by Crippen LogP contribution is -2.42. The molecule has 2 amide bonds. The zero-order chi connectivity index (χ0) is 19.1. The Balaban J connectivity index is 1.47. The Hall–Kier alpha value is -3.34. The summed E-state index contributed by atoms with van der Waals surface area (Å²) in [7, 11) is 1.61. The van der Waals surface area contributed by atoms with E-state index in [1.807, 2.05) is 66.7 Å². The third-order valence-corrected chi connectivity index (χ3v) is 4.37. The van der Waals surface area contributed by atoms with Gasteiger partial charge in [-0.05, 0) is 40.5 Å². The minimum absolute atomic E-state index is 0.208. The first-order chi connectivity index (χ1) is 13.2. The number of benzene rings is 3. The number of hydrogen-bond donors (Lipinski definition) is 2.